The summed E-state index contributed by atoms with van der Waals surface area (Å²) in [6, 6.07) is 8.04. The normalized spacial score (nSPS) is 23.3. The van der Waals surface area contributed by atoms with Gasteiger partial charge in [0.2, 0.25) is 0 Å². The topological polar surface area (TPSA) is 40.4 Å². The van der Waals surface area contributed by atoms with Crippen molar-refractivity contribution < 1.29 is 13.2 Å². The van der Waals surface area contributed by atoms with Crippen LogP contribution >= 0.6 is 0 Å². The second-order valence-electron chi connectivity index (χ2n) is 11.5. The van der Waals surface area contributed by atoms with Crippen LogP contribution in [0.25, 0.3) is 0 Å². The molecule has 0 bridgehead atoms. The van der Waals surface area contributed by atoms with Gasteiger partial charge in [0.25, 0.3) is 0 Å². The Kier molecular flexibility index (Phi) is 6.65. The van der Waals surface area contributed by atoms with E-state index in [0.29, 0.717) is 29.8 Å². The fraction of sp³-hybridized carbons (Fsp3) is 0.467. The van der Waals surface area contributed by atoms with Crippen molar-refractivity contribution in [3.05, 3.63) is 89.7 Å². The third kappa shape index (κ3) is 4.93. The first kappa shape index (κ1) is 25.9. The lowest BCUT2D eigenvalue weighted by Gasteiger charge is -2.34. The maximum atomic E-state index is 14.3. The molecule has 3 aliphatic heterocycles. The fourth-order valence-corrected chi connectivity index (χ4v) is 6.39. The van der Waals surface area contributed by atoms with Crippen LogP contribution in [0.15, 0.2) is 78.3 Å². The number of anilines is 1. The zero-order chi connectivity index (χ0) is 27.3. The second-order valence-corrected chi connectivity index (χ2v) is 11.5. The van der Waals surface area contributed by atoms with E-state index in [9.17, 15) is 13.2 Å². The van der Waals surface area contributed by atoms with Gasteiger partial charge in [0.05, 0.1) is 11.3 Å². The van der Waals surface area contributed by atoms with Crippen molar-refractivity contribution in [2.75, 3.05) is 24.5 Å². The average Bonchev–Trinajstić information content (AvgIpc) is 3.43. The molecule has 2 unspecified atom stereocenters. The SMILES string of the molecule is C=C1N2C=C(CN3CCCC(C)C3)C=C(C(F)(F)F)C2=CN1c1cccc(C(c2nncn2C)C2CCC2)c1. The summed E-state index contributed by atoms with van der Waals surface area (Å²) in [5.74, 6) is 2.51. The molecule has 206 valence electrons. The van der Waals surface area contributed by atoms with Crippen molar-refractivity contribution in [1.29, 1.82) is 0 Å². The molecule has 0 spiro atoms. The highest BCUT2D eigenvalue weighted by Crippen LogP contribution is 2.46. The monoisotopic (exact) mass is 536 g/mol. The summed E-state index contributed by atoms with van der Waals surface area (Å²) in [4.78, 5) is 5.63. The molecular formula is C30H35F3N6. The number of alkyl halides is 3. The van der Waals surface area contributed by atoms with Crippen molar-refractivity contribution >= 4 is 5.69 Å². The minimum absolute atomic E-state index is 0.0846. The zero-order valence-corrected chi connectivity index (χ0v) is 22.5. The molecule has 1 saturated carbocycles. The number of likely N-dealkylation sites (tertiary alicyclic amines) is 1. The van der Waals surface area contributed by atoms with E-state index in [1.54, 1.807) is 22.3 Å². The maximum Gasteiger partial charge on any atom is 0.418 e. The number of aryl methyl sites for hydroxylation is 1. The predicted octanol–water partition coefficient (Wildman–Crippen LogP) is 6.30. The Balaban J connectivity index is 1.32. The molecule has 1 aromatic heterocycles. The van der Waals surface area contributed by atoms with Gasteiger partial charge in [-0.15, -0.1) is 10.2 Å². The maximum absolute atomic E-state index is 14.3. The van der Waals surface area contributed by atoms with Crippen LogP contribution in [0.3, 0.4) is 0 Å². The van der Waals surface area contributed by atoms with Crippen LogP contribution < -0.4 is 4.90 Å². The van der Waals surface area contributed by atoms with Crippen LogP contribution in [0.2, 0.25) is 0 Å². The van der Waals surface area contributed by atoms with E-state index in [4.69, 9.17) is 0 Å². The lowest BCUT2D eigenvalue weighted by molar-refractivity contribution is -0.0909. The van der Waals surface area contributed by atoms with Gasteiger partial charge in [0.1, 0.15) is 18.0 Å². The number of hydrogen-bond acceptors (Lipinski definition) is 5. The molecule has 2 atom stereocenters. The van der Waals surface area contributed by atoms with Gasteiger partial charge in [-0.3, -0.25) is 4.90 Å². The number of fused-ring (bicyclic) bond motifs is 1. The molecule has 4 aliphatic rings. The molecule has 9 heteroatoms. The van der Waals surface area contributed by atoms with Crippen LogP contribution in [0.1, 0.15) is 56.3 Å². The number of rotatable bonds is 6. The molecule has 39 heavy (non-hydrogen) atoms. The third-order valence-electron chi connectivity index (χ3n) is 8.57. The van der Waals surface area contributed by atoms with E-state index in [1.807, 2.05) is 29.9 Å². The van der Waals surface area contributed by atoms with Gasteiger partial charge in [-0.25, -0.2) is 0 Å². The highest BCUT2D eigenvalue weighted by Gasteiger charge is 2.43. The molecule has 4 heterocycles. The first-order valence-electron chi connectivity index (χ1n) is 13.8. The van der Waals surface area contributed by atoms with Crippen molar-refractivity contribution in [2.45, 2.75) is 51.1 Å². The average molecular weight is 537 g/mol. The molecule has 1 aliphatic carbocycles. The van der Waals surface area contributed by atoms with Crippen molar-refractivity contribution in [3.63, 3.8) is 0 Å². The van der Waals surface area contributed by atoms with E-state index in [1.165, 1.54) is 18.9 Å². The molecule has 2 fully saturated rings. The minimum atomic E-state index is -4.47. The quantitative estimate of drug-likeness (QED) is 0.433. The van der Waals surface area contributed by atoms with Crippen LogP contribution in [-0.4, -0.2) is 50.4 Å². The van der Waals surface area contributed by atoms with Gasteiger partial charge >= 0.3 is 6.18 Å². The number of benzene rings is 1. The van der Waals surface area contributed by atoms with Crippen molar-refractivity contribution in [1.82, 2.24) is 24.6 Å². The van der Waals surface area contributed by atoms with E-state index in [-0.39, 0.29) is 11.6 Å². The van der Waals surface area contributed by atoms with Crippen molar-refractivity contribution in [2.24, 2.45) is 18.9 Å². The zero-order valence-electron chi connectivity index (χ0n) is 22.5. The van der Waals surface area contributed by atoms with Gasteiger partial charge in [-0.1, -0.05) is 32.1 Å². The molecule has 1 saturated heterocycles. The Morgan fingerprint density at radius 3 is 2.59 bits per heavy atom. The lowest BCUT2D eigenvalue weighted by Crippen LogP contribution is -2.36. The van der Waals surface area contributed by atoms with E-state index in [2.05, 4.69) is 40.7 Å². The van der Waals surface area contributed by atoms with Gasteiger partial charge < -0.3 is 14.4 Å². The molecule has 6 nitrogen and oxygen atoms in total. The number of piperidine rings is 1. The summed E-state index contributed by atoms with van der Waals surface area (Å²) in [5, 5.41) is 8.52. The number of aromatic nitrogens is 3. The van der Waals surface area contributed by atoms with E-state index >= 15 is 0 Å². The van der Waals surface area contributed by atoms with Crippen molar-refractivity contribution in [3.8, 4) is 0 Å². The van der Waals surface area contributed by atoms with Crippen LogP contribution in [0, 0.1) is 11.8 Å². The Hall–Kier alpha value is -3.33. The highest BCUT2D eigenvalue weighted by atomic mass is 19.4. The van der Waals surface area contributed by atoms with Crippen LogP contribution in [0.5, 0.6) is 0 Å². The molecule has 0 radical (unpaired) electrons. The Morgan fingerprint density at radius 1 is 1.10 bits per heavy atom. The van der Waals surface area contributed by atoms with Gasteiger partial charge in [0.15, 0.2) is 0 Å². The summed E-state index contributed by atoms with van der Waals surface area (Å²) < 4.78 is 44.9. The Morgan fingerprint density at radius 2 is 1.92 bits per heavy atom. The Bertz CT molecular complexity index is 1350. The number of hydrogen-bond donors (Lipinski definition) is 0. The minimum Gasteiger partial charge on any atom is -0.320 e. The molecule has 0 amide bonds. The van der Waals surface area contributed by atoms with Gasteiger partial charge in [-0.05, 0) is 73.4 Å². The van der Waals surface area contributed by atoms with E-state index < -0.39 is 11.7 Å². The number of allylic oxidation sites excluding steroid dienone is 1. The molecule has 0 N–H and O–H groups in total. The number of nitrogens with zero attached hydrogens (tertiary/aromatic N) is 6. The standard InChI is InChI=1S/C30H35F3N6/c1-20-7-6-12-37(15-20)16-22-13-26(30(31,32)33)27-18-38(21(2)39(27)17-22)25-11-5-10-24(14-25)28(23-8-4-9-23)29-35-34-19-36(29)3/h5,10-11,13-14,17-20,23,28H,2,4,6-9,12,15-16H2,1,3H3. The fourth-order valence-electron chi connectivity index (χ4n) is 6.39. The summed E-state index contributed by atoms with van der Waals surface area (Å²) in [5.41, 5.74) is 2.00. The lowest BCUT2D eigenvalue weighted by atomic mass is 9.72. The number of halogens is 3. The van der Waals surface area contributed by atoms with Crippen LogP contribution in [0.4, 0.5) is 18.9 Å². The van der Waals surface area contributed by atoms with Gasteiger partial charge in [0, 0.05) is 44.1 Å². The molecule has 1 aromatic carbocycles. The molecule has 6 rings (SSSR count). The summed E-state index contributed by atoms with van der Waals surface area (Å²) in [7, 11) is 1.95. The Labute approximate surface area is 227 Å². The smallest absolute Gasteiger partial charge is 0.320 e. The first-order valence-corrected chi connectivity index (χ1v) is 13.8. The van der Waals surface area contributed by atoms with Gasteiger partial charge in [-0.2, -0.15) is 13.2 Å². The third-order valence-corrected chi connectivity index (χ3v) is 8.57. The van der Waals surface area contributed by atoms with E-state index in [0.717, 1.165) is 49.4 Å². The second kappa shape index (κ2) is 10.0. The first-order chi connectivity index (χ1) is 18.7. The van der Waals surface area contributed by atoms with Crippen LogP contribution in [-0.2, 0) is 7.05 Å². The summed E-state index contributed by atoms with van der Waals surface area (Å²) in [6.07, 6.45) is 7.63. The largest absolute Gasteiger partial charge is 0.418 e. The summed E-state index contributed by atoms with van der Waals surface area (Å²) >= 11 is 0. The predicted molar refractivity (Wildman–Crippen MR) is 145 cm³/mol. The molecule has 2 aromatic rings. The summed E-state index contributed by atoms with van der Waals surface area (Å²) in [6.45, 7) is 8.74. The highest BCUT2D eigenvalue weighted by molar-refractivity contribution is 5.64. The molecular weight excluding hydrogens is 501 g/mol.